The maximum absolute atomic E-state index is 9.57. The summed E-state index contributed by atoms with van der Waals surface area (Å²) in [6.45, 7) is 5.03. The van der Waals surface area contributed by atoms with E-state index < -0.39 is 6.10 Å². The van der Waals surface area contributed by atoms with Gasteiger partial charge in [-0.2, -0.15) is 0 Å². The van der Waals surface area contributed by atoms with E-state index in [2.05, 4.69) is 39.9 Å². The molecule has 2 rings (SSSR count). The first-order valence-electron chi connectivity index (χ1n) is 5.87. The van der Waals surface area contributed by atoms with Gasteiger partial charge < -0.3 is 10.0 Å². The molecule has 1 N–H and O–H groups in total. The lowest BCUT2D eigenvalue weighted by Crippen LogP contribution is -2.24. The summed E-state index contributed by atoms with van der Waals surface area (Å²) in [4.78, 5) is 2.43. The summed E-state index contributed by atoms with van der Waals surface area (Å²) in [7, 11) is 0. The van der Waals surface area contributed by atoms with Crippen molar-refractivity contribution in [2.75, 3.05) is 11.4 Å². The third-order valence-electron chi connectivity index (χ3n) is 3.09. The van der Waals surface area contributed by atoms with Gasteiger partial charge in [0.05, 0.1) is 6.10 Å². The smallest absolute Gasteiger partial charge is 0.0772 e. The molecule has 0 heterocycles. The third kappa shape index (κ3) is 2.41. The van der Waals surface area contributed by atoms with E-state index >= 15 is 0 Å². The number of anilines is 1. The largest absolute Gasteiger partial charge is 0.389 e. The van der Waals surface area contributed by atoms with Crippen molar-refractivity contribution >= 4 is 21.6 Å². The first-order chi connectivity index (χ1) is 7.63. The zero-order valence-corrected chi connectivity index (χ0v) is 11.4. The van der Waals surface area contributed by atoms with Gasteiger partial charge in [0, 0.05) is 22.7 Å². The second-order valence-electron chi connectivity index (χ2n) is 4.40. The summed E-state index contributed by atoms with van der Waals surface area (Å²) < 4.78 is 0.999. The minimum absolute atomic E-state index is 0.417. The van der Waals surface area contributed by atoms with Crippen LogP contribution in [0.5, 0.6) is 0 Å². The van der Waals surface area contributed by atoms with Gasteiger partial charge in [0.2, 0.25) is 0 Å². The predicted molar refractivity (Wildman–Crippen MR) is 70.8 cm³/mol. The lowest BCUT2D eigenvalue weighted by Gasteiger charge is -2.23. The van der Waals surface area contributed by atoms with Crippen LogP contribution >= 0.6 is 15.9 Å². The number of hydrogen-bond donors (Lipinski definition) is 1. The molecule has 0 aliphatic heterocycles. The molecule has 1 aromatic rings. The van der Waals surface area contributed by atoms with Crippen molar-refractivity contribution in [2.24, 2.45) is 0 Å². The van der Waals surface area contributed by atoms with E-state index in [1.165, 1.54) is 18.5 Å². The number of rotatable bonds is 4. The van der Waals surface area contributed by atoms with Crippen molar-refractivity contribution in [3.05, 3.63) is 28.2 Å². The average molecular weight is 284 g/mol. The van der Waals surface area contributed by atoms with Crippen molar-refractivity contribution in [1.29, 1.82) is 0 Å². The Labute approximate surface area is 105 Å². The Morgan fingerprint density at radius 3 is 2.62 bits per heavy atom. The van der Waals surface area contributed by atoms with Crippen LogP contribution < -0.4 is 4.90 Å². The van der Waals surface area contributed by atoms with Crippen LogP contribution in [-0.4, -0.2) is 17.7 Å². The second-order valence-corrected chi connectivity index (χ2v) is 5.25. The standard InChI is InChI=1S/C13H18BrNO/c1-3-15(10-4-5-10)11-6-7-12(9(2)16)13(14)8-11/h6-10,16H,3-5H2,1-2H3/t9-/m0/s1. The number of benzene rings is 1. The number of aliphatic hydroxyl groups excluding tert-OH is 1. The van der Waals surface area contributed by atoms with Crippen molar-refractivity contribution < 1.29 is 5.11 Å². The van der Waals surface area contributed by atoms with Crippen LogP contribution in [0.2, 0.25) is 0 Å². The monoisotopic (exact) mass is 283 g/mol. The van der Waals surface area contributed by atoms with Crippen molar-refractivity contribution in [3.63, 3.8) is 0 Å². The number of hydrogen-bond acceptors (Lipinski definition) is 2. The Morgan fingerprint density at radius 2 is 2.19 bits per heavy atom. The fourth-order valence-corrected chi connectivity index (χ4v) is 2.77. The second kappa shape index (κ2) is 4.76. The maximum atomic E-state index is 9.57. The lowest BCUT2D eigenvalue weighted by molar-refractivity contribution is 0.198. The molecule has 1 fully saturated rings. The summed E-state index contributed by atoms with van der Waals surface area (Å²) in [6.07, 6.45) is 2.20. The van der Waals surface area contributed by atoms with E-state index in [9.17, 15) is 5.11 Å². The maximum Gasteiger partial charge on any atom is 0.0772 e. The van der Waals surface area contributed by atoms with E-state index in [1.807, 2.05) is 6.07 Å². The molecule has 0 spiro atoms. The normalized spacial score (nSPS) is 17.2. The van der Waals surface area contributed by atoms with Crippen LogP contribution in [0.25, 0.3) is 0 Å². The Hall–Kier alpha value is -0.540. The highest BCUT2D eigenvalue weighted by molar-refractivity contribution is 9.10. The summed E-state index contributed by atoms with van der Waals surface area (Å²) in [6, 6.07) is 6.96. The molecule has 1 saturated carbocycles. The van der Waals surface area contributed by atoms with Gasteiger partial charge in [-0.3, -0.25) is 0 Å². The van der Waals surface area contributed by atoms with Gasteiger partial charge in [-0.1, -0.05) is 22.0 Å². The highest BCUT2D eigenvalue weighted by atomic mass is 79.9. The van der Waals surface area contributed by atoms with Gasteiger partial charge in [-0.25, -0.2) is 0 Å². The third-order valence-corrected chi connectivity index (χ3v) is 3.78. The van der Waals surface area contributed by atoms with Crippen LogP contribution in [0.3, 0.4) is 0 Å². The molecular weight excluding hydrogens is 266 g/mol. The summed E-state index contributed by atoms with van der Waals surface area (Å²) in [5.74, 6) is 0. The molecule has 0 bridgehead atoms. The van der Waals surface area contributed by atoms with Crippen molar-refractivity contribution in [3.8, 4) is 0 Å². The molecule has 1 aromatic carbocycles. The Balaban J connectivity index is 2.25. The first-order valence-corrected chi connectivity index (χ1v) is 6.67. The minimum Gasteiger partial charge on any atom is -0.389 e. The topological polar surface area (TPSA) is 23.5 Å². The Kier molecular flexibility index (Phi) is 3.55. The highest BCUT2D eigenvalue weighted by Gasteiger charge is 2.28. The van der Waals surface area contributed by atoms with Crippen LogP contribution in [-0.2, 0) is 0 Å². The molecule has 1 aliphatic carbocycles. The van der Waals surface area contributed by atoms with Gasteiger partial charge in [0.25, 0.3) is 0 Å². The van der Waals surface area contributed by atoms with E-state index in [-0.39, 0.29) is 0 Å². The van der Waals surface area contributed by atoms with Gasteiger partial charge in [0.15, 0.2) is 0 Å². The molecule has 16 heavy (non-hydrogen) atoms. The highest BCUT2D eigenvalue weighted by Crippen LogP contribution is 2.34. The van der Waals surface area contributed by atoms with Crippen molar-refractivity contribution in [1.82, 2.24) is 0 Å². The van der Waals surface area contributed by atoms with Gasteiger partial charge in [0.1, 0.15) is 0 Å². The van der Waals surface area contributed by atoms with E-state index in [1.54, 1.807) is 6.92 Å². The van der Waals surface area contributed by atoms with Crippen LogP contribution in [0.1, 0.15) is 38.4 Å². The molecule has 0 amide bonds. The summed E-state index contributed by atoms with van der Waals surface area (Å²) in [5.41, 5.74) is 2.21. The molecule has 0 unspecified atom stereocenters. The molecule has 1 atom stereocenters. The zero-order valence-electron chi connectivity index (χ0n) is 9.78. The predicted octanol–water partition coefficient (Wildman–Crippen LogP) is 3.49. The lowest BCUT2D eigenvalue weighted by atomic mass is 10.1. The molecule has 0 saturated heterocycles. The molecular formula is C13H18BrNO. The van der Waals surface area contributed by atoms with Crippen LogP contribution in [0.15, 0.2) is 22.7 Å². The molecule has 3 heteroatoms. The quantitative estimate of drug-likeness (QED) is 0.914. The number of halogens is 1. The Bertz CT molecular complexity index is 374. The fraction of sp³-hybridized carbons (Fsp3) is 0.538. The summed E-state index contributed by atoms with van der Waals surface area (Å²) in [5, 5.41) is 9.57. The SMILES string of the molecule is CCN(c1ccc([C@H](C)O)c(Br)c1)C1CC1. The van der Waals surface area contributed by atoms with Gasteiger partial charge >= 0.3 is 0 Å². The van der Waals surface area contributed by atoms with Gasteiger partial charge in [-0.05, 0) is 44.4 Å². The van der Waals surface area contributed by atoms with Crippen molar-refractivity contribution in [2.45, 2.75) is 38.8 Å². The average Bonchev–Trinajstić information content (AvgIpc) is 3.02. The number of aliphatic hydroxyl groups is 1. The van der Waals surface area contributed by atoms with Crippen LogP contribution in [0.4, 0.5) is 5.69 Å². The summed E-state index contributed by atoms with van der Waals surface area (Å²) >= 11 is 3.53. The zero-order chi connectivity index (χ0) is 11.7. The van der Waals surface area contributed by atoms with Crippen LogP contribution in [0, 0.1) is 0 Å². The molecule has 1 aliphatic rings. The minimum atomic E-state index is -0.417. The molecule has 0 radical (unpaired) electrons. The molecule has 0 aromatic heterocycles. The number of nitrogens with zero attached hydrogens (tertiary/aromatic N) is 1. The van der Waals surface area contributed by atoms with Gasteiger partial charge in [-0.15, -0.1) is 0 Å². The van der Waals surface area contributed by atoms with E-state index in [0.717, 1.165) is 22.6 Å². The van der Waals surface area contributed by atoms with E-state index in [4.69, 9.17) is 0 Å². The molecule has 88 valence electrons. The Morgan fingerprint density at radius 1 is 1.50 bits per heavy atom. The molecule has 2 nitrogen and oxygen atoms in total. The first kappa shape index (κ1) is 11.9. The fourth-order valence-electron chi connectivity index (χ4n) is 2.07. The van der Waals surface area contributed by atoms with E-state index in [0.29, 0.717) is 0 Å².